The van der Waals surface area contributed by atoms with E-state index in [1.807, 2.05) is 18.2 Å². The number of H-pyrrole nitrogens is 1. The second-order valence-corrected chi connectivity index (χ2v) is 5.52. The maximum atomic E-state index is 12.4. The predicted molar refractivity (Wildman–Crippen MR) is 89.3 cm³/mol. The topological polar surface area (TPSA) is 92.7 Å². The van der Waals surface area contributed by atoms with E-state index in [2.05, 4.69) is 20.6 Å². The lowest BCUT2D eigenvalue weighted by Crippen LogP contribution is -2.23. The zero-order valence-electron chi connectivity index (χ0n) is 12.8. The highest BCUT2D eigenvalue weighted by Gasteiger charge is 2.16. The first-order valence-corrected chi connectivity index (χ1v) is 7.56. The van der Waals surface area contributed by atoms with Gasteiger partial charge in [0.05, 0.1) is 17.5 Å². The molecule has 3 aromatic rings. The highest BCUT2D eigenvalue weighted by Crippen LogP contribution is 2.15. The monoisotopic (exact) mass is 343 g/mol. The maximum absolute atomic E-state index is 12.4. The van der Waals surface area contributed by atoms with Crippen molar-refractivity contribution in [1.29, 1.82) is 0 Å². The molecule has 2 N–H and O–H groups in total. The molecule has 8 heteroatoms. The molecular formula is C16H14ClN5O2. The van der Waals surface area contributed by atoms with E-state index in [-0.39, 0.29) is 11.5 Å². The van der Waals surface area contributed by atoms with Crippen LogP contribution in [-0.2, 0) is 6.54 Å². The van der Waals surface area contributed by atoms with Crippen LogP contribution in [0.15, 0.2) is 47.4 Å². The Morgan fingerprint density at radius 3 is 2.79 bits per heavy atom. The Balaban J connectivity index is 1.78. The van der Waals surface area contributed by atoms with Gasteiger partial charge in [-0.3, -0.25) is 9.59 Å². The molecular weight excluding hydrogens is 330 g/mol. The summed E-state index contributed by atoms with van der Waals surface area (Å²) < 4.78 is 1.49. The normalized spacial score (nSPS) is 10.6. The molecule has 0 aliphatic carbocycles. The first kappa shape index (κ1) is 15.9. The van der Waals surface area contributed by atoms with Crippen molar-refractivity contribution in [2.45, 2.75) is 13.5 Å². The van der Waals surface area contributed by atoms with Crippen LogP contribution in [0.25, 0.3) is 5.82 Å². The van der Waals surface area contributed by atoms with E-state index in [4.69, 9.17) is 11.6 Å². The molecule has 3 rings (SSSR count). The molecule has 0 aliphatic rings. The number of aromatic nitrogens is 4. The van der Waals surface area contributed by atoms with Gasteiger partial charge in [0, 0.05) is 17.6 Å². The molecule has 0 spiro atoms. The molecule has 24 heavy (non-hydrogen) atoms. The van der Waals surface area contributed by atoms with Crippen molar-refractivity contribution in [3.05, 3.63) is 74.8 Å². The molecule has 0 fully saturated rings. The van der Waals surface area contributed by atoms with Crippen LogP contribution in [0.3, 0.4) is 0 Å². The van der Waals surface area contributed by atoms with E-state index in [0.29, 0.717) is 28.6 Å². The van der Waals surface area contributed by atoms with Gasteiger partial charge in [0.1, 0.15) is 0 Å². The summed E-state index contributed by atoms with van der Waals surface area (Å²) in [5, 5.41) is 13.8. The van der Waals surface area contributed by atoms with Crippen molar-refractivity contribution in [2.24, 2.45) is 0 Å². The number of hydrogen-bond acceptors (Lipinski definition) is 4. The molecule has 1 aromatic carbocycles. The molecule has 0 aliphatic heterocycles. The largest absolute Gasteiger partial charge is 0.348 e. The quantitative estimate of drug-likeness (QED) is 0.756. The number of nitrogens with one attached hydrogen (secondary N) is 2. The molecule has 0 saturated heterocycles. The molecule has 2 aromatic heterocycles. The number of aromatic amines is 1. The van der Waals surface area contributed by atoms with Gasteiger partial charge in [-0.05, 0) is 24.6 Å². The lowest BCUT2D eigenvalue weighted by molar-refractivity contribution is 0.0950. The van der Waals surface area contributed by atoms with Gasteiger partial charge in [-0.15, -0.1) is 0 Å². The Morgan fingerprint density at radius 1 is 1.29 bits per heavy atom. The van der Waals surface area contributed by atoms with Crippen LogP contribution >= 0.6 is 11.6 Å². The van der Waals surface area contributed by atoms with Gasteiger partial charge in [0.15, 0.2) is 5.82 Å². The van der Waals surface area contributed by atoms with Gasteiger partial charge in [-0.25, -0.2) is 9.78 Å². The number of halogens is 1. The highest BCUT2D eigenvalue weighted by atomic mass is 35.5. The summed E-state index contributed by atoms with van der Waals surface area (Å²) >= 11 is 6.08. The van der Waals surface area contributed by atoms with Gasteiger partial charge in [-0.1, -0.05) is 29.8 Å². The first-order valence-electron chi connectivity index (χ1n) is 7.18. The van der Waals surface area contributed by atoms with Crippen molar-refractivity contribution in [2.75, 3.05) is 0 Å². The first-order chi connectivity index (χ1) is 11.6. The summed E-state index contributed by atoms with van der Waals surface area (Å²) in [4.78, 5) is 23.4. The van der Waals surface area contributed by atoms with Gasteiger partial charge in [0.2, 0.25) is 0 Å². The van der Waals surface area contributed by atoms with Gasteiger partial charge >= 0.3 is 0 Å². The number of carbonyl (C=O) groups excluding carboxylic acids is 1. The van der Waals surface area contributed by atoms with E-state index >= 15 is 0 Å². The van der Waals surface area contributed by atoms with Gasteiger partial charge < -0.3 is 5.32 Å². The molecule has 1 amide bonds. The SMILES string of the molecule is Cc1c(C(=O)NCc2ccccc2Cl)cnn1-c1ccc(=O)[nH]n1. The Hall–Kier alpha value is -2.93. The van der Waals surface area contributed by atoms with Crippen molar-refractivity contribution in [3.8, 4) is 5.82 Å². The Morgan fingerprint density at radius 2 is 2.08 bits per heavy atom. The summed E-state index contributed by atoms with van der Waals surface area (Å²) in [6, 6.07) is 10.2. The molecule has 7 nitrogen and oxygen atoms in total. The fourth-order valence-corrected chi connectivity index (χ4v) is 2.43. The molecule has 0 saturated carbocycles. The smallest absolute Gasteiger partial charge is 0.264 e. The third-order valence-corrected chi connectivity index (χ3v) is 3.90. The lowest BCUT2D eigenvalue weighted by Gasteiger charge is -2.07. The number of nitrogens with zero attached hydrogens (tertiary/aromatic N) is 3. The molecule has 0 unspecified atom stereocenters. The van der Waals surface area contributed by atoms with Gasteiger partial charge in [-0.2, -0.15) is 10.2 Å². The molecule has 2 heterocycles. The average Bonchev–Trinajstić information content (AvgIpc) is 2.96. The fraction of sp³-hybridized carbons (Fsp3) is 0.125. The molecule has 0 bridgehead atoms. The van der Waals surface area contributed by atoms with E-state index in [1.54, 1.807) is 13.0 Å². The third kappa shape index (κ3) is 3.21. The Kier molecular flexibility index (Phi) is 4.43. The summed E-state index contributed by atoms with van der Waals surface area (Å²) in [5.74, 6) is 0.167. The van der Waals surface area contributed by atoms with Gasteiger partial charge in [0.25, 0.3) is 11.5 Å². The van der Waals surface area contributed by atoms with Crippen LogP contribution in [0, 0.1) is 6.92 Å². The van der Waals surface area contributed by atoms with Crippen LogP contribution < -0.4 is 10.9 Å². The Bertz CT molecular complexity index is 927. The standard InChI is InChI=1S/C16H14ClN5O2/c1-10-12(9-19-22(10)14-6-7-15(23)21-20-14)16(24)18-8-11-4-2-3-5-13(11)17/h2-7,9H,8H2,1H3,(H,18,24)(H,21,23). The summed E-state index contributed by atoms with van der Waals surface area (Å²) in [7, 11) is 0. The van der Waals surface area contributed by atoms with Crippen molar-refractivity contribution >= 4 is 17.5 Å². The lowest BCUT2D eigenvalue weighted by atomic mass is 10.2. The number of carbonyl (C=O) groups is 1. The van der Waals surface area contributed by atoms with E-state index in [9.17, 15) is 9.59 Å². The third-order valence-electron chi connectivity index (χ3n) is 3.53. The molecule has 0 radical (unpaired) electrons. The minimum Gasteiger partial charge on any atom is -0.348 e. The van der Waals surface area contributed by atoms with Crippen molar-refractivity contribution < 1.29 is 4.79 Å². The summed E-state index contributed by atoms with van der Waals surface area (Å²) in [5.41, 5.74) is 1.57. The second kappa shape index (κ2) is 6.67. The fourth-order valence-electron chi connectivity index (χ4n) is 2.23. The molecule has 0 atom stereocenters. The zero-order valence-corrected chi connectivity index (χ0v) is 13.5. The number of amides is 1. The number of hydrogen-bond donors (Lipinski definition) is 2. The van der Waals surface area contributed by atoms with Crippen LogP contribution in [0.5, 0.6) is 0 Å². The summed E-state index contributed by atoms with van der Waals surface area (Å²) in [6.07, 6.45) is 1.46. The van der Waals surface area contributed by atoms with E-state index < -0.39 is 0 Å². The van der Waals surface area contributed by atoms with E-state index in [1.165, 1.54) is 23.0 Å². The van der Waals surface area contributed by atoms with Crippen LogP contribution in [0.1, 0.15) is 21.6 Å². The van der Waals surface area contributed by atoms with Crippen molar-refractivity contribution in [3.63, 3.8) is 0 Å². The highest BCUT2D eigenvalue weighted by molar-refractivity contribution is 6.31. The Labute approximate surface area is 142 Å². The van der Waals surface area contributed by atoms with Crippen LogP contribution in [0.4, 0.5) is 0 Å². The minimum absolute atomic E-state index is 0.261. The number of rotatable bonds is 4. The predicted octanol–water partition coefficient (Wildman–Crippen LogP) is 1.85. The zero-order chi connectivity index (χ0) is 17.1. The van der Waals surface area contributed by atoms with E-state index in [0.717, 1.165) is 5.56 Å². The summed E-state index contributed by atoms with van der Waals surface area (Å²) in [6.45, 7) is 2.07. The van der Waals surface area contributed by atoms with Crippen LogP contribution in [0.2, 0.25) is 5.02 Å². The minimum atomic E-state index is -0.304. The maximum Gasteiger partial charge on any atom is 0.264 e. The number of benzene rings is 1. The van der Waals surface area contributed by atoms with Crippen LogP contribution in [-0.4, -0.2) is 25.9 Å². The average molecular weight is 344 g/mol. The second-order valence-electron chi connectivity index (χ2n) is 5.11. The van der Waals surface area contributed by atoms with Crippen molar-refractivity contribution in [1.82, 2.24) is 25.3 Å². The molecule has 122 valence electrons.